The predicted octanol–water partition coefficient (Wildman–Crippen LogP) is 3.90. The van der Waals surface area contributed by atoms with Gasteiger partial charge in [0, 0.05) is 31.6 Å². The van der Waals surface area contributed by atoms with Gasteiger partial charge in [-0.2, -0.15) is 9.97 Å². The molecule has 0 saturated carbocycles. The number of alkyl halides is 2. The van der Waals surface area contributed by atoms with Crippen LogP contribution < -0.4 is 25.8 Å². The Morgan fingerprint density at radius 3 is 2.73 bits per heavy atom. The Bertz CT molecular complexity index is 1470. The zero-order chi connectivity index (χ0) is 28.2. The van der Waals surface area contributed by atoms with Crippen molar-refractivity contribution >= 4 is 22.4 Å². The second-order valence-corrected chi connectivity index (χ2v) is 11.0. The Balaban J connectivity index is 1.48. The van der Waals surface area contributed by atoms with Crippen molar-refractivity contribution in [2.75, 3.05) is 50.4 Å². The van der Waals surface area contributed by atoms with Crippen LogP contribution in [0, 0.1) is 18.6 Å². The summed E-state index contributed by atoms with van der Waals surface area (Å²) >= 11 is 0. The predicted molar refractivity (Wildman–Crippen MR) is 142 cm³/mol. The van der Waals surface area contributed by atoms with Gasteiger partial charge in [-0.15, -0.1) is 0 Å². The number of ether oxygens (including phenoxy) is 2. The number of hydrogen-bond donors (Lipinski definition) is 3. The number of nitrogen functional groups attached to an aromatic ring is 1. The summed E-state index contributed by atoms with van der Waals surface area (Å²) in [4.78, 5) is 14.9. The quantitative estimate of drug-likeness (QED) is 0.323. The molecule has 6 rings (SSSR count). The molecule has 3 aliphatic rings. The molecule has 13 heteroatoms. The van der Waals surface area contributed by atoms with Crippen molar-refractivity contribution < 1.29 is 27.0 Å². The molecule has 2 saturated heterocycles. The van der Waals surface area contributed by atoms with Crippen LogP contribution in [-0.2, 0) is 0 Å². The Labute approximate surface area is 228 Å². The van der Waals surface area contributed by atoms with E-state index in [1.165, 1.54) is 12.1 Å². The molecule has 2 aromatic heterocycles. The molecule has 9 nitrogen and oxygen atoms in total. The SMILES string of the molecule is Cc1cc(N)c(F)c(-c2nc3c4c(nc(OC[C@]56CCN5CC(F)(F)C6)nc4c2F)NCCNCC[C@H](C)O3)c1. The van der Waals surface area contributed by atoms with Gasteiger partial charge in [0.15, 0.2) is 11.6 Å². The Kier molecular flexibility index (Phi) is 6.61. The monoisotopic (exact) mass is 561 g/mol. The average Bonchev–Trinajstić information content (AvgIpc) is 3.05. The van der Waals surface area contributed by atoms with E-state index in [1.54, 1.807) is 11.8 Å². The molecule has 0 bridgehead atoms. The summed E-state index contributed by atoms with van der Waals surface area (Å²) in [7, 11) is 0. The molecule has 4 N–H and O–H groups in total. The third kappa shape index (κ3) is 4.74. The topological polar surface area (TPSA) is 110 Å². The lowest BCUT2D eigenvalue weighted by atomic mass is 9.85. The van der Waals surface area contributed by atoms with Gasteiger partial charge in [-0.3, -0.25) is 4.90 Å². The maximum absolute atomic E-state index is 16.3. The number of rotatable bonds is 4. The van der Waals surface area contributed by atoms with E-state index in [0.717, 1.165) is 0 Å². The van der Waals surface area contributed by atoms with E-state index in [0.29, 0.717) is 44.6 Å². The van der Waals surface area contributed by atoms with Crippen LogP contribution in [-0.4, -0.2) is 76.7 Å². The third-order valence-electron chi connectivity index (χ3n) is 7.86. The number of nitrogens with zero attached hydrogens (tertiary/aromatic N) is 4. The number of halogens is 4. The minimum atomic E-state index is -2.80. The molecule has 214 valence electrons. The van der Waals surface area contributed by atoms with Crippen molar-refractivity contribution in [3.63, 3.8) is 0 Å². The number of anilines is 2. The van der Waals surface area contributed by atoms with Crippen molar-refractivity contribution in [3.05, 3.63) is 29.3 Å². The van der Waals surface area contributed by atoms with Crippen LogP contribution >= 0.6 is 0 Å². The van der Waals surface area contributed by atoms with Gasteiger partial charge in [-0.1, -0.05) is 0 Å². The van der Waals surface area contributed by atoms with Gasteiger partial charge in [0.1, 0.15) is 29.0 Å². The molecule has 0 aliphatic carbocycles. The normalized spacial score (nSPS) is 24.4. The van der Waals surface area contributed by atoms with Crippen LogP contribution in [0.15, 0.2) is 12.1 Å². The van der Waals surface area contributed by atoms with Crippen LogP contribution in [0.4, 0.5) is 29.1 Å². The Morgan fingerprint density at radius 1 is 1.15 bits per heavy atom. The molecule has 40 heavy (non-hydrogen) atoms. The van der Waals surface area contributed by atoms with Gasteiger partial charge < -0.3 is 25.8 Å². The third-order valence-corrected chi connectivity index (χ3v) is 7.86. The van der Waals surface area contributed by atoms with Crippen LogP contribution in [0.3, 0.4) is 0 Å². The van der Waals surface area contributed by atoms with Crippen LogP contribution in [0.1, 0.15) is 31.7 Å². The maximum atomic E-state index is 16.3. The molecule has 0 unspecified atom stereocenters. The minimum Gasteiger partial charge on any atom is -0.474 e. The first kappa shape index (κ1) is 26.8. The highest BCUT2D eigenvalue weighted by molar-refractivity contribution is 5.96. The summed E-state index contributed by atoms with van der Waals surface area (Å²) in [6, 6.07) is 2.72. The lowest BCUT2D eigenvalue weighted by Crippen LogP contribution is -2.59. The van der Waals surface area contributed by atoms with E-state index >= 15 is 8.78 Å². The van der Waals surface area contributed by atoms with Gasteiger partial charge in [0.25, 0.3) is 5.92 Å². The molecule has 2 fully saturated rings. The van der Waals surface area contributed by atoms with Crippen molar-refractivity contribution in [2.45, 2.75) is 50.7 Å². The van der Waals surface area contributed by atoms with E-state index in [2.05, 4.69) is 25.6 Å². The first-order chi connectivity index (χ1) is 19.1. The van der Waals surface area contributed by atoms with Gasteiger partial charge in [-0.25, -0.2) is 22.5 Å². The summed E-state index contributed by atoms with van der Waals surface area (Å²) in [5.74, 6) is -4.27. The number of aromatic nitrogens is 3. The number of nitrogens with two attached hydrogens (primary N) is 1. The van der Waals surface area contributed by atoms with Gasteiger partial charge in [0.05, 0.1) is 23.9 Å². The number of pyridine rings is 1. The van der Waals surface area contributed by atoms with Gasteiger partial charge in [-0.05, 0) is 50.9 Å². The highest BCUT2D eigenvalue weighted by atomic mass is 19.3. The van der Waals surface area contributed by atoms with Crippen molar-refractivity contribution in [3.8, 4) is 23.1 Å². The Morgan fingerprint density at radius 2 is 1.98 bits per heavy atom. The molecule has 2 atom stereocenters. The summed E-state index contributed by atoms with van der Waals surface area (Å²) in [5.41, 5.74) is 4.87. The van der Waals surface area contributed by atoms with Crippen molar-refractivity contribution in [1.82, 2.24) is 25.2 Å². The highest BCUT2D eigenvalue weighted by Crippen LogP contribution is 2.47. The molecular formula is C27H31F4N7O2. The van der Waals surface area contributed by atoms with E-state index in [1.807, 2.05) is 6.92 Å². The zero-order valence-corrected chi connectivity index (χ0v) is 22.3. The van der Waals surface area contributed by atoms with Crippen molar-refractivity contribution in [1.29, 1.82) is 0 Å². The van der Waals surface area contributed by atoms with Gasteiger partial charge in [0.2, 0.25) is 5.88 Å². The maximum Gasteiger partial charge on any atom is 0.319 e. The van der Waals surface area contributed by atoms with Crippen LogP contribution in [0.25, 0.3) is 22.2 Å². The first-order valence-electron chi connectivity index (χ1n) is 13.4. The number of benzene rings is 1. The molecule has 0 amide bonds. The summed E-state index contributed by atoms with van der Waals surface area (Å²) in [6.45, 7) is 5.45. The van der Waals surface area contributed by atoms with E-state index in [9.17, 15) is 8.78 Å². The first-order valence-corrected chi connectivity index (χ1v) is 13.4. The molecular weight excluding hydrogens is 530 g/mol. The number of aryl methyl sites for hydroxylation is 1. The summed E-state index contributed by atoms with van der Waals surface area (Å²) in [5, 5.41) is 6.64. The number of hydrogen-bond acceptors (Lipinski definition) is 9. The molecule has 0 radical (unpaired) electrons. The largest absolute Gasteiger partial charge is 0.474 e. The average molecular weight is 562 g/mol. The molecule has 3 aliphatic heterocycles. The van der Waals surface area contributed by atoms with E-state index in [-0.39, 0.29) is 71.2 Å². The highest BCUT2D eigenvalue weighted by Gasteiger charge is 2.60. The lowest BCUT2D eigenvalue weighted by molar-refractivity contribution is -0.0132. The second kappa shape index (κ2) is 9.88. The van der Waals surface area contributed by atoms with Crippen LogP contribution in [0.5, 0.6) is 11.9 Å². The molecule has 5 heterocycles. The number of nitrogens with one attached hydrogen (secondary N) is 2. The second-order valence-electron chi connectivity index (χ2n) is 11.0. The van der Waals surface area contributed by atoms with Crippen LogP contribution in [0.2, 0.25) is 0 Å². The van der Waals surface area contributed by atoms with Gasteiger partial charge >= 0.3 is 6.01 Å². The molecule has 0 spiro atoms. The fourth-order valence-electron chi connectivity index (χ4n) is 5.76. The standard InChI is InChI=1S/C27H31F4N7O2/c1-14-9-16(19(28)17(32)10-14)21-20(29)22-18-23(34-7-6-33-5-3-15(2)40-24(18)35-21)37-25(36-22)39-13-26-4-8-38(26)12-27(30,31)11-26/h9-10,15,33H,3-8,11-13,32H2,1-2H3,(H,34,36,37)/t15-,26+/m0/s1. The summed E-state index contributed by atoms with van der Waals surface area (Å²) in [6.07, 6.45) is 0.557. The zero-order valence-electron chi connectivity index (χ0n) is 22.3. The minimum absolute atomic E-state index is 0.0357. The summed E-state index contributed by atoms with van der Waals surface area (Å²) < 4.78 is 71.8. The molecule has 3 aromatic rings. The Hall–Kier alpha value is -3.45. The smallest absolute Gasteiger partial charge is 0.319 e. The van der Waals surface area contributed by atoms with E-state index in [4.69, 9.17) is 15.2 Å². The van der Waals surface area contributed by atoms with Crippen molar-refractivity contribution in [2.24, 2.45) is 0 Å². The fourth-order valence-corrected chi connectivity index (χ4v) is 5.76. The fraction of sp³-hybridized carbons (Fsp3) is 0.519. The van der Waals surface area contributed by atoms with E-state index < -0.39 is 23.1 Å². The number of fused-ring (bicyclic) bond motifs is 1. The molecule has 1 aromatic carbocycles. The lowest BCUT2D eigenvalue weighted by Gasteiger charge is -2.46.